The fourth-order valence-corrected chi connectivity index (χ4v) is 1.71. The van der Waals surface area contributed by atoms with Crippen molar-refractivity contribution in [3.63, 3.8) is 0 Å². The third-order valence-electron chi connectivity index (χ3n) is 2.55. The van der Waals surface area contributed by atoms with Crippen LogP contribution in [0.4, 0.5) is 11.9 Å². The fraction of sp³-hybridized carbons (Fsp3) is 0. The maximum Gasteiger partial charge on any atom is 0.241 e. The Morgan fingerprint density at radius 2 is 1.72 bits per heavy atom. The van der Waals surface area contributed by atoms with E-state index in [0.29, 0.717) is 0 Å². The highest BCUT2D eigenvalue weighted by molar-refractivity contribution is 5.45. The number of nitrogen functional groups attached to an aromatic ring is 2. The van der Waals surface area contributed by atoms with Gasteiger partial charge in [-0.2, -0.15) is 9.67 Å². The number of aromatic nitrogens is 5. The maximum atomic E-state index is 5.70. The normalized spacial score (nSPS) is 10.7. The van der Waals surface area contributed by atoms with Crippen LogP contribution in [-0.4, -0.2) is 24.3 Å². The zero-order chi connectivity index (χ0) is 12.5. The van der Waals surface area contributed by atoms with Crippen molar-refractivity contribution in [1.82, 2.24) is 24.3 Å². The van der Waals surface area contributed by atoms with Crippen LogP contribution in [0.5, 0.6) is 0 Å². The molecule has 1 aromatic carbocycles. The van der Waals surface area contributed by atoms with Crippen LogP contribution in [0.3, 0.4) is 0 Å². The molecule has 0 bridgehead atoms. The van der Waals surface area contributed by atoms with Gasteiger partial charge in [0.05, 0.1) is 12.0 Å². The first-order valence-electron chi connectivity index (χ1n) is 5.31. The van der Waals surface area contributed by atoms with E-state index < -0.39 is 0 Å². The van der Waals surface area contributed by atoms with Crippen LogP contribution in [-0.2, 0) is 0 Å². The van der Waals surface area contributed by atoms with Crippen LogP contribution in [0.15, 0.2) is 43.0 Å². The van der Waals surface area contributed by atoms with E-state index in [0.717, 1.165) is 11.4 Å². The average Bonchev–Trinajstić information content (AvgIpc) is 2.99. The Kier molecular flexibility index (Phi) is 2.23. The van der Waals surface area contributed by atoms with Crippen molar-refractivity contribution in [3.05, 3.63) is 43.0 Å². The van der Waals surface area contributed by atoms with Gasteiger partial charge in [0.2, 0.25) is 11.9 Å². The summed E-state index contributed by atoms with van der Waals surface area (Å²) in [5, 5.41) is 4.01. The van der Waals surface area contributed by atoms with E-state index in [1.54, 1.807) is 12.5 Å². The molecule has 0 radical (unpaired) electrons. The van der Waals surface area contributed by atoms with Crippen LogP contribution in [0, 0.1) is 0 Å². The lowest BCUT2D eigenvalue weighted by atomic mass is 10.3. The molecule has 2 aromatic heterocycles. The fourth-order valence-electron chi connectivity index (χ4n) is 1.71. The van der Waals surface area contributed by atoms with E-state index in [2.05, 4.69) is 15.1 Å². The van der Waals surface area contributed by atoms with E-state index >= 15 is 0 Å². The molecule has 0 amide bonds. The smallest absolute Gasteiger partial charge is 0.241 e. The minimum absolute atomic E-state index is 0.159. The molecule has 0 unspecified atom stereocenters. The van der Waals surface area contributed by atoms with Crippen molar-refractivity contribution >= 4 is 11.9 Å². The summed E-state index contributed by atoms with van der Waals surface area (Å²) in [4.78, 5) is 7.85. The summed E-state index contributed by atoms with van der Waals surface area (Å²) < 4.78 is 3.40. The molecular weight excluding hydrogens is 230 g/mol. The summed E-state index contributed by atoms with van der Waals surface area (Å²) in [6.07, 6.45) is 5.33. The molecule has 0 aliphatic heterocycles. The molecule has 90 valence electrons. The molecule has 18 heavy (non-hydrogen) atoms. The van der Waals surface area contributed by atoms with Gasteiger partial charge in [-0.1, -0.05) is 0 Å². The molecule has 2 heterocycles. The molecule has 4 N–H and O–H groups in total. The van der Waals surface area contributed by atoms with Gasteiger partial charge in [-0.05, 0) is 24.3 Å². The largest absolute Gasteiger partial charge is 0.368 e. The number of hydrogen-bond donors (Lipinski definition) is 2. The summed E-state index contributed by atoms with van der Waals surface area (Å²) in [6.45, 7) is 0. The van der Waals surface area contributed by atoms with E-state index in [4.69, 9.17) is 11.5 Å². The molecule has 7 heteroatoms. The molecule has 0 aliphatic carbocycles. The predicted octanol–water partition coefficient (Wildman–Crippen LogP) is 0.617. The van der Waals surface area contributed by atoms with Crippen molar-refractivity contribution in [3.8, 4) is 11.4 Å². The van der Waals surface area contributed by atoms with E-state index in [-0.39, 0.29) is 11.9 Å². The van der Waals surface area contributed by atoms with Crippen LogP contribution >= 0.6 is 0 Å². The number of nitrogens with two attached hydrogens (primary N) is 2. The zero-order valence-electron chi connectivity index (χ0n) is 9.43. The third kappa shape index (κ3) is 1.67. The Balaban J connectivity index is 1.99. The van der Waals surface area contributed by atoms with Crippen molar-refractivity contribution in [1.29, 1.82) is 0 Å². The lowest BCUT2D eigenvalue weighted by Gasteiger charge is -2.05. The minimum Gasteiger partial charge on any atom is -0.368 e. The standard InChI is InChI=1S/C11H11N7/c12-10-15-11(13)18(16-10)9-3-1-8(2-4-9)17-6-5-14-7-17/h1-7H,(H4,12,13,15,16). The summed E-state index contributed by atoms with van der Waals surface area (Å²) in [7, 11) is 0. The van der Waals surface area contributed by atoms with Gasteiger partial charge in [-0.3, -0.25) is 0 Å². The van der Waals surface area contributed by atoms with Gasteiger partial charge < -0.3 is 16.0 Å². The summed E-state index contributed by atoms with van der Waals surface area (Å²) in [6, 6.07) is 7.66. The molecule has 0 saturated carbocycles. The Morgan fingerprint density at radius 3 is 2.28 bits per heavy atom. The lowest BCUT2D eigenvalue weighted by molar-refractivity contribution is 0.894. The molecule has 7 nitrogen and oxygen atoms in total. The van der Waals surface area contributed by atoms with Gasteiger partial charge in [-0.25, -0.2) is 4.98 Å². The highest BCUT2D eigenvalue weighted by Crippen LogP contribution is 2.15. The predicted molar refractivity (Wildman–Crippen MR) is 67.3 cm³/mol. The quantitative estimate of drug-likeness (QED) is 0.684. The van der Waals surface area contributed by atoms with Gasteiger partial charge >= 0.3 is 0 Å². The first-order chi connectivity index (χ1) is 8.74. The average molecular weight is 241 g/mol. The zero-order valence-corrected chi connectivity index (χ0v) is 9.43. The van der Waals surface area contributed by atoms with Crippen LogP contribution < -0.4 is 11.5 Å². The van der Waals surface area contributed by atoms with E-state index in [1.165, 1.54) is 4.68 Å². The SMILES string of the molecule is Nc1nc(N)n(-c2ccc(-n3ccnc3)cc2)n1. The molecule has 0 spiro atoms. The Hall–Kier alpha value is -2.83. The van der Waals surface area contributed by atoms with E-state index in [9.17, 15) is 0 Å². The van der Waals surface area contributed by atoms with E-state index in [1.807, 2.05) is 35.0 Å². The monoisotopic (exact) mass is 241 g/mol. The second-order valence-electron chi connectivity index (χ2n) is 3.73. The Bertz CT molecular complexity index is 651. The molecule has 0 atom stereocenters. The molecule has 0 fully saturated rings. The number of nitrogens with zero attached hydrogens (tertiary/aromatic N) is 5. The highest BCUT2D eigenvalue weighted by atomic mass is 15.4. The van der Waals surface area contributed by atoms with Crippen LogP contribution in [0.1, 0.15) is 0 Å². The first-order valence-corrected chi connectivity index (χ1v) is 5.31. The second kappa shape index (κ2) is 3.88. The van der Waals surface area contributed by atoms with Gasteiger partial charge in [0.1, 0.15) is 0 Å². The summed E-state index contributed by atoms with van der Waals surface area (Å²) in [5.74, 6) is 0.425. The molecule has 0 aliphatic rings. The van der Waals surface area contributed by atoms with Crippen molar-refractivity contribution in [2.24, 2.45) is 0 Å². The number of hydrogen-bond acceptors (Lipinski definition) is 5. The maximum absolute atomic E-state index is 5.70. The summed E-state index contributed by atoms with van der Waals surface area (Å²) in [5.41, 5.74) is 13.0. The van der Waals surface area contributed by atoms with Crippen LogP contribution in [0.25, 0.3) is 11.4 Å². The third-order valence-corrected chi connectivity index (χ3v) is 2.55. The molecule has 0 saturated heterocycles. The van der Waals surface area contributed by atoms with Gasteiger partial charge in [0.15, 0.2) is 0 Å². The van der Waals surface area contributed by atoms with Gasteiger partial charge in [0.25, 0.3) is 0 Å². The lowest BCUT2D eigenvalue weighted by Crippen LogP contribution is -2.02. The van der Waals surface area contributed by atoms with Crippen molar-refractivity contribution in [2.45, 2.75) is 0 Å². The Morgan fingerprint density at radius 1 is 1.00 bits per heavy atom. The first kappa shape index (κ1) is 10.3. The van der Waals surface area contributed by atoms with Gasteiger partial charge in [-0.15, -0.1) is 5.10 Å². The number of benzene rings is 1. The molecular formula is C11H11N7. The Labute approximate surface area is 103 Å². The molecule has 3 aromatic rings. The van der Waals surface area contributed by atoms with Crippen molar-refractivity contribution < 1.29 is 0 Å². The van der Waals surface area contributed by atoms with Crippen molar-refractivity contribution in [2.75, 3.05) is 11.5 Å². The molecule has 3 rings (SSSR count). The van der Waals surface area contributed by atoms with Gasteiger partial charge in [0, 0.05) is 18.1 Å². The topological polar surface area (TPSA) is 101 Å². The minimum atomic E-state index is 0.159. The number of rotatable bonds is 2. The number of imidazole rings is 1. The number of anilines is 2. The van der Waals surface area contributed by atoms with Crippen LogP contribution in [0.2, 0.25) is 0 Å². The second-order valence-corrected chi connectivity index (χ2v) is 3.73. The highest BCUT2D eigenvalue weighted by Gasteiger charge is 2.06. The summed E-state index contributed by atoms with van der Waals surface area (Å²) >= 11 is 0.